The fraction of sp³-hybridized carbons (Fsp3) is 0.467. The Hall–Kier alpha value is -2.04. The van der Waals surface area contributed by atoms with Crippen LogP contribution >= 0.6 is 0 Å². The summed E-state index contributed by atoms with van der Waals surface area (Å²) in [7, 11) is 0. The van der Waals surface area contributed by atoms with Gasteiger partial charge in [0.1, 0.15) is 0 Å². The third kappa shape index (κ3) is 4.26. The van der Waals surface area contributed by atoms with Gasteiger partial charge in [0.15, 0.2) is 0 Å². The van der Waals surface area contributed by atoms with E-state index < -0.39 is 5.97 Å². The zero-order chi connectivity index (χ0) is 15.3. The van der Waals surface area contributed by atoms with E-state index in [0.717, 1.165) is 5.56 Å². The Morgan fingerprint density at radius 1 is 1.25 bits per heavy atom. The van der Waals surface area contributed by atoms with Crippen LogP contribution < -0.4 is 10.6 Å². The lowest BCUT2D eigenvalue weighted by Crippen LogP contribution is -2.34. The van der Waals surface area contributed by atoms with Crippen LogP contribution in [0.5, 0.6) is 0 Å². The quantitative estimate of drug-likeness (QED) is 0.774. The molecule has 0 saturated heterocycles. The summed E-state index contributed by atoms with van der Waals surface area (Å²) in [5.74, 6) is -0.223. The predicted molar refractivity (Wildman–Crippen MR) is 79.2 cm³/mol. The zero-order valence-corrected chi connectivity index (χ0v) is 12.4. The number of carboxylic acid groups (broad SMARTS) is 1. The first-order valence-corrected chi connectivity index (χ1v) is 6.70. The maximum atomic E-state index is 11.9. The summed E-state index contributed by atoms with van der Waals surface area (Å²) in [6.07, 6.45) is 0. The molecule has 5 nitrogen and oxygen atoms in total. The number of nitrogens with one attached hydrogen (secondary N) is 2. The largest absolute Gasteiger partial charge is 0.478 e. The second kappa shape index (κ2) is 6.93. The highest BCUT2D eigenvalue weighted by Gasteiger charge is 2.15. The number of amides is 2. The number of hydrogen-bond donors (Lipinski definition) is 3. The number of carbonyl (C=O) groups excluding carboxylic acids is 1. The van der Waals surface area contributed by atoms with Gasteiger partial charge in [0.2, 0.25) is 0 Å². The Balaban J connectivity index is 2.74. The second-order valence-electron chi connectivity index (χ2n) is 5.36. The minimum atomic E-state index is -1.06. The number of hydrogen-bond acceptors (Lipinski definition) is 2. The maximum Gasteiger partial charge on any atom is 0.337 e. The smallest absolute Gasteiger partial charge is 0.337 e. The number of carbonyl (C=O) groups is 2. The molecule has 20 heavy (non-hydrogen) atoms. The number of benzene rings is 1. The van der Waals surface area contributed by atoms with Crippen molar-refractivity contribution >= 4 is 17.7 Å². The molecule has 1 unspecified atom stereocenters. The molecular formula is C15H22N2O3. The SMILES string of the molecule is Cc1cccc(C(=O)O)c1NC(=O)NCC(C)C(C)C. The predicted octanol–water partition coefficient (Wildman–Crippen LogP) is 3.11. The van der Waals surface area contributed by atoms with E-state index in [-0.39, 0.29) is 11.6 Å². The van der Waals surface area contributed by atoms with Crippen LogP contribution in [-0.2, 0) is 0 Å². The fourth-order valence-corrected chi connectivity index (χ4v) is 1.66. The molecule has 0 fully saturated rings. The van der Waals surface area contributed by atoms with Gasteiger partial charge in [0.25, 0.3) is 0 Å². The van der Waals surface area contributed by atoms with Crippen molar-refractivity contribution in [2.75, 3.05) is 11.9 Å². The Morgan fingerprint density at radius 3 is 2.45 bits per heavy atom. The summed E-state index contributed by atoms with van der Waals surface area (Å²) in [6.45, 7) is 8.56. The number of para-hydroxylation sites is 1. The van der Waals surface area contributed by atoms with E-state index in [1.165, 1.54) is 6.07 Å². The second-order valence-corrected chi connectivity index (χ2v) is 5.36. The van der Waals surface area contributed by atoms with Crippen molar-refractivity contribution in [2.45, 2.75) is 27.7 Å². The molecule has 1 aromatic carbocycles. The lowest BCUT2D eigenvalue weighted by Gasteiger charge is -2.17. The van der Waals surface area contributed by atoms with Gasteiger partial charge in [-0.3, -0.25) is 0 Å². The first kappa shape index (κ1) is 16.0. The van der Waals surface area contributed by atoms with Crippen molar-refractivity contribution in [3.05, 3.63) is 29.3 Å². The molecule has 0 radical (unpaired) electrons. The average Bonchev–Trinajstić information content (AvgIpc) is 2.37. The summed E-state index contributed by atoms with van der Waals surface area (Å²) < 4.78 is 0. The summed E-state index contributed by atoms with van der Waals surface area (Å²) in [4.78, 5) is 23.0. The van der Waals surface area contributed by atoms with Gasteiger partial charge >= 0.3 is 12.0 Å². The van der Waals surface area contributed by atoms with Crippen LogP contribution in [0, 0.1) is 18.8 Å². The van der Waals surface area contributed by atoms with E-state index in [0.29, 0.717) is 24.1 Å². The normalized spacial score (nSPS) is 12.1. The number of anilines is 1. The van der Waals surface area contributed by atoms with E-state index in [9.17, 15) is 9.59 Å². The first-order chi connectivity index (χ1) is 9.32. The third-order valence-corrected chi connectivity index (χ3v) is 3.46. The maximum absolute atomic E-state index is 11.9. The van der Waals surface area contributed by atoms with Gasteiger partial charge in [0, 0.05) is 6.54 Å². The molecule has 0 spiro atoms. The molecule has 110 valence electrons. The van der Waals surface area contributed by atoms with Crippen molar-refractivity contribution in [3.63, 3.8) is 0 Å². The monoisotopic (exact) mass is 278 g/mol. The topological polar surface area (TPSA) is 78.4 Å². The fourth-order valence-electron chi connectivity index (χ4n) is 1.66. The first-order valence-electron chi connectivity index (χ1n) is 6.70. The molecule has 0 bridgehead atoms. The summed E-state index contributed by atoms with van der Waals surface area (Å²) in [6, 6.07) is 4.51. The zero-order valence-electron chi connectivity index (χ0n) is 12.4. The van der Waals surface area contributed by atoms with Crippen molar-refractivity contribution < 1.29 is 14.7 Å². The van der Waals surface area contributed by atoms with Crippen molar-refractivity contribution in [1.82, 2.24) is 5.32 Å². The molecule has 2 amide bonds. The van der Waals surface area contributed by atoms with Crippen LogP contribution in [0.25, 0.3) is 0 Å². The third-order valence-electron chi connectivity index (χ3n) is 3.46. The van der Waals surface area contributed by atoms with E-state index in [2.05, 4.69) is 31.4 Å². The number of aromatic carboxylic acids is 1. The Bertz CT molecular complexity index is 498. The van der Waals surface area contributed by atoms with Gasteiger partial charge < -0.3 is 15.7 Å². The molecule has 3 N–H and O–H groups in total. The molecule has 0 heterocycles. The highest BCUT2D eigenvalue weighted by atomic mass is 16.4. The van der Waals surface area contributed by atoms with Crippen molar-refractivity contribution in [2.24, 2.45) is 11.8 Å². The van der Waals surface area contributed by atoms with Gasteiger partial charge in [-0.15, -0.1) is 0 Å². The number of rotatable bonds is 5. The van der Waals surface area contributed by atoms with E-state index >= 15 is 0 Å². The van der Waals surface area contributed by atoms with Gasteiger partial charge in [-0.1, -0.05) is 32.9 Å². The highest BCUT2D eigenvalue weighted by Crippen LogP contribution is 2.20. The summed E-state index contributed by atoms with van der Waals surface area (Å²) in [5.41, 5.74) is 1.16. The summed E-state index contributed by atoms with van der Waals surface area (Å²) >= 11 is 0. The van der Waals surface area contributed by atoms with Crippen LogP contribution in [0.4, 0.5) is 10.5 Å². The molecule has 0 aliphatic rings. The standard InChI is InChI=1S/C15H22N2O3/c1-9(2)11(4)8-16-15(20)17-13-10(3)6-5-7-12(13)14(18)19/h5-7,9,11H,8H2,1-4H3,(H,18,19)(H2,16,17,20). The van der Waals surface area contributed by atoms with Crippen molar-refractivity contribution in [3.8, 4) is 0 Å². The number of carboxylic acids is 1. The highest BCUT2D eigenvalue weighted by molar-refractivity contribution is 6.00. The van der Waals surface area contributed by atoms with Crippen LogP contribution in [0.2, 0.25) is 0 Å². The molecule has 1 atom stereocenters. The van der Waals surface area contributed by atoms with E-state index in [1.54, 1.807) is 19.1 Å². The van der Waals surface area contributed by atoms with Gasteiger partial charge in [-0.25, -0.2) is 9.59 Å². The van der Waals surface area contributed by atoms with Crippen molar-refractivity contribution in [1.29, 1.82) is 0 Å². The minimum absolute atomic E-state index is 0.0945. The molecule has 5 heteroatoms. The lowest BCUT2D eigenvalue weighted by molar-refractivity contribution is 0.0698. The van der Waals surface area contributed by atoms with Gasteiger partial charge in [-0.05, 0) is 30.4 Å². The molecule has 0 aliphatic heterocycles. The number of urea groups is 1. The molecule has 0 aromatic heterocycles. The molecular weight excluding hydrogens is 256 g/mol. The van der Waals surface area contributed by atoms with Crippen LogP contribution in [0.15, 0.2) is 18.2 Å². The Morgan fingerprint density at radius 2 is 1.90 bits per heavy atom. The van der Waals surface area contributed by atoms with E-state index in [1.807, 2.05) is 0 Å². The average molecular weight is 278 g/mol. The molecule has 0 saturated carbocycles. The van der Waals surface area contributed by atoms with Crippen LogP contribution in [0.3, 0.4) is 0 Å². The van der Waals surface area contributed by atoms with E-state index in [4.69, 9.17) is 5.11 Å². The lowest BCUT2D eigenvalue weighted by atomic mass is 9.98. The van der Waals surface area contributed by atoms with Gasteiger partial charge in [0.05, 0.1) is 11.3 Å². The molecule has 1 aromatic rings. The Labute approximate surface area is 119 Å². The Kier molecular flexibility index (Phi) is 5.55. The van der Waals surface area contributed by atoms with Gasteiger partial charge in [-0.2, -0.15) is 0 Å². The molecule has 1 rings (SSSR count). The minimum Gasteiger partial charge on any atom is -0.478 e. The van der Waals surface area contributed by atoms with Crippen LogP contribution in [0.1, 0.15) is 36.7 Å². The van der Waals surface area contributed by atoms with Crippen LogP contribution in [-0.4, -0.2) is 23.7 Å². The number of aryl methyl sites for hydroxylation is 1. The molecule has 0 aliphatic carbocycles. The summed E-state index contributed by atoms with van der Waals surface area (Å²) in [5, 5.41) is 14.5.